The highest BCUT2D eigenvalue weighted by Crippen LogP contribution is 2.15. The highest BCUT2D eigenvalue weighted by Gasteiger charge is 2.11. The molecule has 0 aliphatic carbocycles. The Labute approximate surface area is 104 Å². The van der Waals surface area contributed by atoms with Crippen molar-refractivity contribution in [2.24, 2.45) is 0 Å². The Morgan fingerprint density at radius 3 is 2.18 bits per heavy atom. The maximum absolute atomic E-state index is 12.0. The normalized spacial score (nSPS) is 10.7. The molecule has 0 saturated heterocycles. The van der Waals surface area contributed by atoms with Crippen LogP contribution < -0.4 is 5.32 Å². The first-order valence-corrected chi connectivity index (χ1v) is 5.92. The molecule has 0 radical (unpaired) electrons. The van der Waals surface area contributed by atoms with Gasteiger partial charge in [0, 0.05) is 18.7 Å². The molecule has 17 heavy (non-hydrogen) atoms. The minimum Gasteiger partial charge on any atom is -0.351 e. The molecule has 0 aromatic heterocycles. The molecule has 1 rings (SSSR count). The second-order valence-electron chi connectivity index (χ2n) is 4.83. The number of rotatable bonds is 4. The van der Waals surface area contributed by atoms with E-state index in [-0.39, 0.29) is 5.91 Å². The predicted molar refractivity (Wildman–Crippen MR) is 71.5 cm³/mol. The van der Waals surface area contributed by atoms with Crippen LogP contribution in [0.15, 0.2) is 12.1 Å². The number of aryl methyl sites for hydroxylation is 3. The van der Waals surface area contributed by atoms with Crippen molar-refractivity contribution in [1.82, 2.24) is 10.2 Å². The third-order valence-electron chi connectivity index (χ3n) is 2.75. The average Bonchev–Trinajstić information content (AvgIpc) is 2.14. The molecule has 0 saturated carbocycles. The summed E-state index contributed by atoms with van der Waals surface area (Å²) in [6.07, 6.45) is 0. The van der Waals surface area contributed by atoms with Crippen molar-refractivity contribution in [2.75, 3.05) is 27.2 Å². The van der Waals surface area contributed by atoms with Crippen molar-refractivity contribution in [1.29, 1.82) is 0 Å². The van der Waals surface area contributed by atoms with E-state index in [1.54, 1.807) is 0 Å². The molecule has 3 nitrogen and oxygen atoms in total. The highest BCUT2D eigenvalue weighted by molar-refractivity contribution is 5.97. The number of nitrogens with zero attached hydrogens (tertiary/aromatic N) is 1. The van der Waals surface area contributed by atoms with Crippen molar-refractivity contribution in [3.63, 3.8) is 0 Å². The lowest BCUT2D eigenvalue weighted by atomic mass is 9.99. The van der Waals surface area contributed by atoms with Crippen molar-refractivity contribution in [2.45, 2.75) is 20.8 Å². The first-order valence-electron chi connectivity index (χ1n) is 5.92. The predicted octanol–water partition coefficient (Wildman–Crippen LogP) is 1.90. The molecule has 0 spiro atoms. The maximum Gasteiger partial charge on any atom is 0.251 e. The first kappa shape index (κ1) is 13.7. The highest BCUT2D eigenvalue weighted by atomic mass is 16.1. The van der Waals surface area contributed by atoms with E-state index in [9.17, 15) is 4.79 Å². The fourth-order valence-electron chi connectivity index (χ4n) is 2.02. The molecular formula is C14H22N2O. The van der Waals surface area contributed by atoms with Crippen LogP contribution >= 0.6 is 0 Å². The van der Waals surface area contributed by atoms with Gasteiger partial charge in [-0.3, -0.25) is 4.79 Å². The number of hydrogen-bond acceptors (Lipinski definition) is 2. The third-order valence-corrected chi connectivity index (χ3v) is 2.75. The quantitative estimate of drug-likeness (QED) is 0.863. The number of carbonyl (C=O) groups is 1. The van der Waals surface area contributed by atoms with Gasteiger partial charge in [0.25, 0.3) is 5.91 Å². The second kappa shape index (κ2) is 5.82. The molecule has 0 heterocycles. The van der Waals surface area contributed by atoms with E-state index >= 15 is 0 Å². The van der Waals surface area contributed by atoms with Crippen LogP contribution in [0.1, 0.15) is 27.0 Å². The zero-order valence-electron chi connectivity index (χ0n) is 11.4. The Hall–Kier alpha value is -1.35. The van der Waals surface area contributed by atoms with E-state index in [1.165, 1.54) is 5.56 Å². The van der Waals surface area contributed by atoms with Crippen LogP contribution in [-0.4, -0.2) is 38.0 Å². The Morgan fingerprint density at radius 1 is 1.18 bits per heavy atom. The molecule has 1 aromatic carbocycles. The summed E-state index contributed by atoms with van der Waals surface area (Å²) >= 11 is 0. The number of hydrogen-bond donors (Lipinski definition) is 1. The van der Waals surface area contributed by atoms with Gasteiger partial charge in [0.15, 0.2) is 0 Å². The lowest BCUT2D eigenvalue weighted by Gasteiger charge is -2.13. The summed E-state index contributed by atoms with van der Waals surface area (Å²) in [5, 5.41) is 2.95. The number of carbonyl (C=O) groups excluding carboxylic acids is 1. The molecule has 0 fully saturated rings. The molecule has 3 heteroatoms. The number of benzene rings is 1. The van der Waals surface area contributed by atoms with Crippen molar-refractivity contribution in [3.8, 4) is 0 Å². The topological polar surface area (TPSA) is 32.3 Å². The first-order chi connectivity index (χ1) is 7.91. The maximum atomic E-state index is 12.0. The van der Waals surface area contributed by atoms with Gasteiger partial charge in [-0.2, -0.15) is 0 Å². The van der Waals surface area contributed by atoms with E-state index < -0.39 is 0 Å². The van der Waals surface area contributed by atoms with Crippen molar-refractivity contribution < 1.29 is 4.79 Å². The smallest absolute Gasteiger partial charge is 0.251 e. The van der Waals surface area contributed by atoms with Gasteiger partial charge in [-0.05, 0) is 46.0 Å². The van der Waals surface area contributed by atoms with Crippen LogP contribution in [0.25, 0.3) is 0 Å². The van der Waals surface area contributed by atoms with E-state index in [4.69, 9.17) is 0 Å². The average molecular weight is 234 g/mol. The molecule has 0 bridgehead atoms. The Bertz CT molecular complexity index is 388. The van der Waals surface area contributed by atoms with Crippen LogP contribution in [-0.2, 0) is 0 Å². The molecule has 0 aliphatic rings. The lowest BCUT2D eigenvalue weighted by Crippen LogP contribution is -2.32. The molecule has 1 N–H and O–H groups in total. The van der Waals surface area contributed by atoms with Crippen LogP contribution in [0, 0.1) is 20.8 Å². The Balaban J connectivity index is 2.76. The summed E-state index contributed by atoms with van der Waals surface area (Å²) in [6, 6.07) is 4.10. The zero-order valence-corrected chi connectivity index (χ0v) is 11.4. The summed E-state index contributed by atoms with van der Waals surface area (Å²) in [4.78, 5) is 14.1. The summed E-state index contributed by atoms with van der Waals surface area (Å²) in [6.45, 7) is 7.56. The molecule has 0 aliphatic heterocycles. The Morgan fingerprint density at radius 2 is 1.71 bits per heavy atom. The summed E-state index contributed by atoms with van der Waals surface area (Å²) in [5.74, 6) is 0.0295. The van der Waals surface area contributed by atoms with Gasteiger partial charge in [0.1, 0.15) is 0 Å². The minimum atomic E-state index is 0.0295. The van der Waals surface area contributed by atoms with Gasteiger partial charge >= 0.3 is 0 Å². The summed E-state index contributed by atoms with van der Waals surface area (Å²) < 4.78 is 0. The molecule has 1 amide bonds. The van der Waals surface area contributed by atoms with E-state index in [0.717, 1.165) is 23.2 Å². The van der Waals surface area contributed by atoms with Crippen LogP contribution in [0.3, 0.4) is 0 Å². The molecule has 94 valence electrons. The van der Waals surface area contributed by atoms with Crippen LogP contribution in [0.5, 0.6) is 0 Å². The van der Waals surface area contributed by atoms with E-state index in [2.05, 4.69) is 10.2 Å². The van der Waals surface area contributed by atoms with Gasteiger partial charge in [0.2, 0.25) is 0 Å². The second-order valence-corrected chi connectivity index (χ2v) is 4.83. The van der Waals surface area contributed by atoms with Gasteiger partial charge in [-0.25, -0.2) is 0 Å². The van der Waals surface area contributed by atoms with Gasteiger partial charge in [-0.1, -0.05) is 17.7 Å². The van der Waals surface area contributed by atoms with Crippen LogP contribution in [0.4, 0.5) is 0 Å². The fourth-order valence-corrected chi connectivity index (χ4v) is 2.02. The monoisotopic (exact) mass is 234 g/mol. The lowest BCUT2D eigenvalue weighted by molar-refractivity contribution is 0.0950. The van der Waals surface area contributed by atoms with Gasteiger partial charge in [0.05, 0.1) is 0 Å². The SMILES string of the molecule is Cc1cc(C)c(C(=O)NCCN(C)C)c(C)c1. The van der Waals surface area contributed by atoms with Crippen molar-refractivity contribution in [3.05, 3.63) is 34.4 Å². The fraction of sp³-hybridized carbons (Fsp3) is 0.500. The number of amides is 1. The molecule has 0 atom stereocenters. The molecule has 1 aromatic rings. The zero-order chi connectivity index (χ0) is 13.0. The van der Waals surface area contributed by atoms with Gasteiger partial charge < -0.3 is 10.2 Å². The standard InChI is InChI=1S/C14H22N2O/c1-10-8-11(2)13(12(3)9-10)14(17)15-6-7-16(4)5/h8-9H,6-7H2,1-5H3,(H,15,17). The van der Waals surface area contributed by atoms with E-state index in [1.807, 2.05) is 47.0 Å². The summed E-state index contributed by atoms with van der Waals surface area (Å²) in [5.41, 5.74) is 4.11. The minimum absolute atomic E-state index is 0.0295. The Kier molecular flexibility index (Phi) is 4.70. The molecular weight excluding hydrogens is 212 g/mol. The van der Waals surface area contributed by atoms with E-state index in [0.29, 0.717) is 6.54 Å². The number of likely N-dealkylation sites (N-methyl/N-ethyl adjacent to an activating group) is 1. The largest absolute Gasteiger partial charge is 0.351 e. The van der Waals surface area contributed by atoms with Gasteiger partial charge in [-0.15, -0.1) is 0 Å². The number of nitrogens with one attached hydrogen (secondary N) is 1. The van der Waals surface area contributed by atoms with Crippen LogP contribution in [0.2, 0.25) is 0 Å². The summed E-state index contributed by atoms with van der Waals surface area (Å²) in [7, 11) is 3.99. The third kappa shape index (κ3) is 3.86. The molecule has 0 unspecified atom stereocenters. The van der Waals surface area contributed by atoms with Crippen molar-refractivity contribution >= 4 is 5.91 Å².